The van der Waals surface area contributed by atoms with Gasteiger partial charge in [-0.25, -0.2) is 0 Å². The summed E-state index contributed by atoms with van der Waals surface area (Å²) in [5.74, 6) is 1.20. The third-order valence-corrected chi connectivity index (χ3v) is 6.38. The van der Waals surface area contributed by atoms with Crippen molar-refractivity contribution in [2.75, 3.05) is 13.1 Å². The van der Waals surface area contributed by atoms with Crippen LogP contribution >= 0.6 is 0 Å². The Morgan fingerprint density at radius 3 is 2.36 bits per heavy atom. The highest BCUT2D eigenvalue weighted by molar-refractivity contribution is 5.87. The van der Waals surface area contributed by atoms with Gasteiger partial charge in [-0.3, -0.25) is 9.69 Å². The minimum atomic E-state index is -1.52. The summed E-state index contributed by atoms with van der Waals surface area (Å²) in [6.07, 6.45) is 7.05. The maximum absolute atomic E-state index is 13.0. The van der Waals surface area contributed by atoms with Crippen LogP contribution in [-0.2, 0) is 11.2 Å². The zero-order valence-corrected chi connectivity index (χ0v) is 18.0. The van der Waals surface area contributed by atoms with Crippen molar-refractivity contribution in [2.45, 2.75) is 77.4 Å². The first-order valence-corrected chi connectivity index (χ1v) is 10.9. The smallest absolute Gasteiger partial charge is 0.254 e. The second-order valence-corrected chi connectivity index (χ2v) is 9.92. The molecule has 2 N–H and O–H groups in total. The first-order valence-electron chi connectivity index (χ1n) is 10.9. The molecule has 28 heavy (non-hydrogen) atoms. The van der Waals surface area contributed by atoms with Gasteiger partial charge in [0, 0.05) is 12.1 Å². The molecule has 2 fully saturated rings. The van der Waals surface area contributed by atoms with Gasteiger partial charge in [0.05, 0.1) is 6.04 Å². The number of likely N-dealkylation sites (tertiary alicyclic amines) is 1. The molecule has 1 amide bonds. The van der Waals surface area contributed by atoms with Crippen LogP contribution in [0.3, 0.4) is 0 Å². The fourth-order valence-corrected chi connectivity index (χ4v) is 4.82. The molecule has 1 aromatic rings. The number of hydrogen-bond acceptors (Lipinski definition) is 3. The average molecular weight is 386 g/mol. The Morgan fingerprint density at radius 2 is 1.71 bits per heavy atom. The SMILES string of the molecule is CC(C)(C)NC(=O)C(C)(O)[C](Cc1ccccc1)N1CCC2CCCCC2C1. The lowest BCUT2D eigenvalue weighted by molar-refractivity contribution is -0.141. The average Bonchev–Trinajstić information content (AvgIpc) is 2.65. The predicted octanol–water partition coefficient (Wildman–Crippen LogP) is 3.94. The number of aliphatic hydroxyl groups is 1. The Balaban J connectivity index is 1.83. The van der Waals surface area contributed by atoms with Gasteiger partial charge >= 0.3 is 0 Å². The normalized spacial score (nSPS) is 25.8. The lowest BCUT2D eigenvalue weighted by Crippen LogP contribution is -2.60. The Labute approximate surface area is 170 Å². The van der Waals surface area contributed by atoms with Crippen molar-refractivity contribution in [3.63, 3.8) is 0 Å². The fraction of sp³-hybridized carbons (Fsp3) is 0.667. The van der Waals surface area contributed by atoms with Gasteiger partial charge in [-0.1, -0.05) is 49.6 Å². The molecule has 155 valence electrons. The van der Waals surface area contributed by atoms with Gasteiger partial charge < -0.3 is 10.4 Å². The molecule has 1 radical (unpaired) electrons. The van der Waals surface area contributed by atoms with E-state index < -0.39 is 5.60 Å². The van der Waals surface area contributed by atoms with Crippen LogP contribution in [0.25, 0.3) is 0 Å². The number of amides is 1. The maximum atomic E-state index is 13.0. The summed E-state index contributed by atoms with van der Waals surface area (Å²) in [4.78, 5) is 15.4. The van der Waals surface area contributed by atoms with Crippen molar-refractivity contribution in [3.8, 4) is 0 Å². The summed E-state index contributed by atoms with van der Waals surface area (Å²) in [6.45, 7) is 9.41. The summed E-state index contributed by atoms with van der Waals surface area (Å²) in [7, 11) is 0. The number of piperidine rings is 1. The topological polar surface area (TPSA) is 52.6 Å². The van der Waals surface area contributed by atoms with E-state index in [9.17, 15) is 9.90 Å². The summed E-state index contributed by atoms with van der Waals surface area (Å²) in [6, 6.07) is 11.0. The molecule has 2 aliphatic rings. The number of benzene rings is 1. The summed E-state index contributed by atoms with van der Waals surface area (Å²) in [5, 5.41) is 14.4. The minimum Gasteiger partial charge on any atom is -0.378 e. The van der Waals surface area contributed by atoms with Gasteiger partial charge in [0.15, 0.2) is 5.60 Å². The van der Waals surface area contributed by atoms with E-state index in [0.29, 0.717) is 12.3 Å². The number of rotatable bonds is 5. The van der Waals surface area contributed by atoms with E-state index >= 15 is 0 Å². The molecule has 3 rings (SSSR count). The molecule has 1 heterocycles. The lowest BCUT2D eigenvalue weighted by Gasteiger charge is -2.47. The van der Waals surface area contributed by atoms with E-state index in [1.807, 2.05) is 39.0 Å². The molecule has 0 spiro atoms. The molecule has 1 aliphatic heterocycles. The van der Waals surface area contributed by atoms with Gasteiger partial charge in [-0.15, -0.1) is 0 Å². The van der Waals surface area contributed by atoms with Crippen LogP contribution in [0.4, 0.5) is 0 Å². The molecule has 1 aliphatic carbocycles. The summed E-state index contributed by atoms with van der Waals surface area (Å²) < 4.78 is 0. The van der Waals surface area contributed by atoms with Gasteiger partial charge in [0.1, 0.15) is 0 Å². The largest absolute Gasteiger partial charge is 0.378 e. The van der Waals surface area contributed by atoms with Gasteiger partial charge in [0.25, 0.3) is 5.91 Å². The van der Waals surface area contributed by atoms with Gasteiger partial charge in [-0.05, 0) is 70.9 Å². The van der Waals surface area contributed by atoms with Gasteiger partial charge in [-0.2, -0.15) is 0 Å². The molecule has 0 bridgehead atoms. The summed E-state index contributed by atoms with van der Waals surface area (Å²) >= 11 is 0. The number of fused-ring (bicyclic) bond motifs is 1. The van der Waals surface area contributed by atoms with E-state index in [-0.39, 0.29) is 11.4 Å². The van der Waals surface area contributed by atoms with Crippen LogP contribution in [0, 0.1) is 17.9 Å². The number of nitrogens with zero attached hydrogens (tertiary/aromatic N) is 1. The number of nitrogens with one attached hydrogen (secondary N) is 1. The molecule has 1 saturated carbocycles. The maximum Gasteiger partial charge on any atom is 0.254 e. The van der Waals surface area contributed by atoms with E-state index in [0.717, 1.165) is 30.6 Å². The Bertz CT molecular complexity index is 650. The van der Waals surface area contributed by atoms with Crippen LogP contribution in [0.1, 0.15) is 65.4 Å². The van der Waals surface area contributed by atoms with Crippen LogP contribution in [0.15, 0.2) is 30.3 Å². The van der Waals surface area contributed by atoms with Crippen LogP contribution < -0.4 is 5.32 Å². The number of carbonyl (C=O) groups excluding carboxylic acids is 1. The molecule has 0 aromatic heterocycles. The second-order valence-electron chi connectivity index (χ2n) is 9.92. The molecule has 4 heteroatoms. The summed E-state index contributed by atoms with van der Waals surface area (Å²) in [5.41, 5.74) is -0.771. The first-order chi connectivity index (χ1) is 13.2. The molecule has 4 nitrogen and oxygen atoms in total. The minimum absolute atomic E-state index is 0.309. The quantitative estimate of drug-likeness (QED) is 0.807. The molecule has 1 saturated heterocycles. The van der Waals surface area contributed by atoms with E-state index in [1.165, 1.54) is 32.1 Å². The highest BCUT2D eigenvalue weighted by Crippen LogP contribution is 2.40. The van der Waals surface area contributed by atoms with E-state index in [1.54, 1.807) is 6.92 Å². The van der Waals surface area contributed by atoms with Crippen molar-refractivity contribution in [2.24, 2.45) is 11.8 Å². The number of carbonyl (C=O) groups is 1. The van der Waals surface area contributed by atoms with Crippen molar-refractivity contribution < 1.29 is 9.90 Å². The van der Waals surface area contributed by atoms with Crippen LogP contribution in [0.2, 0.25) is 0 Å². The van der Waals surface area contributed by atoms with Crippen molar-refractivity contribution in [3.05, 3.63) is 41.9 Å². The van der Waals surface area contributed by atoms with Crippen molar-refractivity contribution >= 4 is 5.91 Å². The predicted molar refractivity (Wildman–Crippen MR) is 114 cm³/mol. The van der Waals surface area contributed by atoms with E-state index in [4.69, 9.17) is 0 Å². The Morgan fingerprint density at radius 1 is 1.07 bits per heavy atom. The second kappa shape index (κ2) is 8.54. The first kappa shape index (κ1) is 21.3. The third kappa shape index (κ3) is 5.15. The van der Waals surface area contributed by atoms with Crippen molar-refractivity contribution in [1.82, 2.24) is 10.2 Å². The standard InChI is InChI=1S/C24H37N2O2/c1-23(2,3)25-22(27)24(4,28)21(16-18-10-6-5-7-11-18)26-15-14-19-12-8-9-13-20(19)17-26/h5-7,10-11,19-20,28H,8-9,12-17H2,1-4H3,(H,25,27). The Kier molecular flexibility index (Phi) is 6.51. The highest BCUT2D eigenvalue weighted by Gasteiger charge is 2.46. The zero-order chi connectivity index (χ0) is 20.4. The number of hydrogen-bond donors (Lipinski definition) is 2. The van der Waals surface area contributed by atoms with Gasteiger partial charge in [0.2, 0.25) is 0 Å². The Hall–Kier alpha value is -1.39. The molecular weight excluding hydrogens is 348 g/mol. The zero-order valence-electron chi connectivity index (χ0n) is 18.0. The van der Waals surface area contributed by atoms with Crippen LogP contribution in [-0.4, -0.2) is 40.1 Å². The molecule has 3 atom stereocenters. The van der Waals surface area contributed by atoms with Crippen molar-refractivity contribution in [1.29, 1.82) is 0 Å². The van der Waals surface area contributed by atoms with Crippen LogP contribution in [0.5, 0.6) is 0 Å². The third-order valence-electron chi connectivity index (χ3n) is 6.38. The fourth-order valence-electron chi connectivity index (χ4n) is 4.82. The lowest BCUT2D eigenvalue weighted by atomic mass is 9.74. The molecule has 3 unspecified atom stereocenters. The highest BCUT2D eigenvalue weighted by atomic mass is 16.3. The molecule has 1 aromatic carbocycles. The monoisotopic (exact) mass is 385 g/mol. The molecular formula is C24H37N2O2. The van der Waals surface area contributed by atoms with E-state index in [2.05, 4.69) is 22.3 Å².